The number of aryl methyl sites for hydroxylation is 1. The summed E-state index contributed by atoms with van der Waals surface area (Å²) in [5, 5.41) is 8.19. The molecule has 9 heteroatoms. The van der Waals surface area contributed by atoms with Crippen molar-refractivity contribution >= 4 is 28.5 Å². The molecular weight excluding hydrogens is 454 g/mol. The number of hydrogen-bond acceptors (Lipinski definition) is 5. The quantitative estimate of drug-likeness (QED) is 0.417. The highest BCUT2D eigenvalue weighted by Crippen LogP contribution is 2.21. The van der Waals surface area contributed by atoms with Gasteiger partial charge in [-0.05, 0) is 50.6 Å². The zero-order chi connectivity index (χ0) is 24.3. The smallest absolute Gasteiger partial charge is 0.264 e. The minimum absolute atomic E-state index is 0.154. The summed E-state index contributed by atoms with van der Waals surface area (Å²) in [6, 6.07) is 14.9. The van der Waals surface area contributed by atoms with Crippen molar-refractivity contribution in [1.82, 2.24) is 24.6 Å². The van der Waals surface area contributed by atoms with Gasteiger partial charge in [-0.25, -0.2) is 9.67 Å². The minimum atomic E-state index is -1.08. The van der Waals surface area contributed by atoms with E-state index in [0.717, 1.165) is 11.1 Å². The first-order chi connectivity index (χ1) is 16.2. The Hall–Kier alpha value is -3.65. The maximum Gasteiger partial charge on any atom is 0.264 e. The van der Waals surface area contributed by atoms with Gasteiger partial charge in [0.2, 0.25) is 0 Å². The number of amides is 1. The number of nitrogens with zero attached hydrogens (tertiary/aromatic N) is 4. The van der Waals surface area contributed by atoms with Gasteiger partial charge in [0.1, 0.15) is 17.5 Å². The van der Waals surface area contributed by atoms with E-state index in [0.29, 0.717) is 41.4 Å². The molecule has 0 fully saturated rings. The summed E-state index contributed by atoms with van der Waals surface area (Å²) in [5.74, 6) is 0.279. The maximum atomic E-state index is 12.9. The average Bonchev–Trinajstić information content (AvgIpc) is 3.22. The van der Waals surface area contributed by atoms with Gasteiger partial charge in [-0.1, -0.05) is 41.4 Å². The zero-order valence-corrected chi connectivity index (χ0v) is 20.0. The lowest BCUT2D eigenvalue weighted by molar-refractivity contribution is -0.134. The van der Waals surface area contributed by atoms with Crippen LogP contribution in [0.1, 0.15) is 25.0 Å². The molecule has 0 bridgehead atoms. The Morgan fingerprint density at radius 3 is 2.53 bits per heavy atom. The van der Waals surface area contributed by atoms with E-state index in [9.17, 15) is 9.59 Å². The summed E-state index contributed by atoms with van der Waals surface area (Å²) in [4.78, 5) is 30.0. The van der Waals surface area contributed by atoms with Crippen molar-refractivity contribution in [2.45, 2.75) is 39.5 Å². The minimum Gasteiger partial charge on any atom is -0.478 e. The third kappa shape index (κ3) is 5.28. The van der Waals surface area contributed by atoms with Gasteiger partial charge in [0.25, 0.3) is 11.5 Å². The van der Waals surface area contributed by atoms with Crippen LogP contribution in [0, 0.1) is 6.92 Å². The van der Waals surface area contributed by atoms with Crippen LogP contribution in [0.3, 0.4) is 0 Å². The summed E-state index contributed by atoms with van der Waals surface area (Å²) >= 11 is 5.90. The number of rotatable bonds is 8. The molecule has 0 spiro atoms. The van der Waals surface area contributed by atoms with Crippen molar-refractivity contribution in [3.8, 4) is 5.75 Å². The fourth-order valence-corrected chi connectivity index (χ4v) is 3.62. The van der Waals surface area contributed by atoms with Gasteiger partial charge in [-0.3, -0.25) is 14.2 Å². The lowest BCUT2D eigenvalue weighted by Gasteiger charge is -2.25. The molecule has 1 N–H and O–H groups in total. The first kappa shape index (κ1) is 23.5. The second-order valence-corrected chi connectivity index (χ2v) is 9.03. The molecule has 2 aromatic heterocycles. The van der Waals surface area contributed by atoms with E-state index in [1.54, 1.807) is 47.4 Å². The first-order valence-corrected chi connectivity index (χ1v) is 11.3. The highest BCUT2D eigenvalue weighted by Gasteiger charge is 2.29. The van der Waals surface area contributed by atoms with Crippen molar-refractivity contribution < 1.29 is 9.53 Å². The van der Waals surface area contributed by atoms with E-state index in [2.05, 4.69) is 15.4 Å². The van der Waals surface area contributed by atoms with Gasteiger partial charge in [-0.15, -0.1) is 0 Å². The summed E-state index contributed by atoms with van der Waals surface area (Å²) < 4.78 is 8.99. The molecule has 0 atom stereocenters. The van der Waals surface area contributed by atoms with Crippen molar-refractivity contribution in [1.29, 1.82) is 0 Å². The van der Waals surface area contributed by atoms with Crippen molar-refractivity contribution in [2.24, 2.45) is 0 Å². The van der Waals surface area contributed by atoms with Gasteiger partial charge in [-0.2, -0.15) is 5.10 Å². The molecule has 4 rings (SSSR count). The van der Waals surface area contributed by atoms with Crippen molar-refractivity contribution in [3.05, 3.63) is 87.6 Å². The normalized spacial score (nSPS) is 11.5. The molecule has 0 radical (unpaired) electrons. The molecule has 0 aliphatic heterocycles. The van der Waals surface area contributed by atoms with E-state index >= 15 is 0 Å². The Morgan fingerprint density at radius 2 is 1.82 bits per heavy atom. The number of aromatic nitrogens is 4. The molecule has 34 heavy (non-hydrogen) atoms. The van der Waals surface area contributed by atoms with Crippen LogP contribution in [0.15, 0.2) is 65.8 Å². The number of carbonyl (C=O) groups excluding carboxylic acids is 1. The van der Waals surface area contributed by atoms with E-state index < -0.39 is 5.60 Å². The van der Waals surface area contributed by atoms with Crippen LogP contribution in [-0.4, -0.2) is 37.4 Å². The van der Waals surface area contributed by atoms with E-state index in [1.165, 1.54) is 12.5 Å². The Labute approximate surface area is 202 Å². The highest BCUT2D eigenvalue weighted by molar-refractivity contribution is 6.30. The first-order valence-electron chi connectivity index (χ1n) is 10.9. The summed E-state index contributed by atoms with van der Waals surface area (Å²) in [5.41, 5.74) is 1.43. The largest absolute Gasteiger partial charge is 0.478 e. The van der Waals surface area contributed by atoms with Crippen molar-refractivity contribution in [2.75, 3.05) is 6.54 Å². The molecule has 0 saturated carbocycles. The molecule has 8 nitrogen and oxygen atoms in total. The third-order valence-corrected chi connectivity index (χ3v) is 5.69. The van der Waals surface area contributed by atoms with E-state index in [1.807, 2.05) is 31.2 Å². The summed E-state index contributed by atoms with van der Waals surface area (Å²) in [6.07, 6.45) is 3.05. The Morgan fingerprint density at radius 1 is 1.12 bits per heavy atom. The second-order valence-electron chi connectivity index (χ2n) is 8.59. The molecule has 0 unspecified atom stereocenters. The Balaban J connectivity index is 1.39. The Kier molecular flexibility index (Phi) is 6.70. The van der Waals surface area contributed by atoms with E-state index in [4.69, 9.17) is 16.3 Å². The number of benzene rings is 2. The Bertz CT molecular complexity index is 1360. The molecule has 0 aliphatic carbocycles. The maximum absolute atomic E-state index is 12.9. The molecule has 1 amide bonds. The number of carbonyl (C=O) groups is 1. The number of fused-ring (bicyclic) bond motifs is 1. The van der Waals surface area contributed by atoms with Crippen LogP contribution in [0.4, 0.5) is 0 Å². The van der Waals surface area contributed by atoms with Gasteiger partial charge in [0, 0.05) is 11.6 Å². The lowest BCUT2D eigenvalue weighted by Crippen LogP contribution is -2.47. The molecule has 0 aliphatic rings. The van der Waals surface area contributed by atoms with E-state index in [-0.39, 0.29) is 11.5 Å². The fourth-order valence-electron chi connectivity index (χ4n) is 3.50. The molecule has 2 aromatic carbocycles. The zero-order valence-electron chi connectivity index (χ0n) is 19.3. The average molecular weight is 480 g/mol. The lowest BCUT2D eigenvalue weighted by atomic mass is 10.1. The van der Waals surface area contributed by atoms with Gasteiger partial charge >= 0.3 is 0 Å². The van der Waals surface area contributed by atoms with Gasteiger partial charge < -0.3 is 10.1 Å². The number of hydrogen-bond donors (Lipinski definition) is 1. The molecule has 2 heterocycles. The third-order valence-electron chi connectivity index (χ3n) is 5.44. The molecular formula is C25H26ClN5O3. The molecule has 0 saturated heterocycles. The van der Waals surface area contributed by atoms with Gasteiger partial charge in [0.05, 0.1) is 19.3 Å². The van der Waals surface area contributed by atoms with Crippen LogP contribution in [0.2, 0.25) is 5.02 Å². The predicted molar refractivity (Wildman–Crippen MR) is 131 cm³/mol. The van der Waals surface area contributed by atoms with Crippen LogP contribution >= 0.6 is 11.6 Å². The SMILES string of the molecule is Cc1ccc(Cn2cnc3c(cnn3CCNC(=O)C(C)(C)Oc3ccc(Cl)cc3)c2=O)cc1. The second kappa shape index (κ2) is 9.69. The van der Waals surface area contributed by atoms with Crippen LogP contribution in [-0.2, 0) is 17.9 Å². The number of halogens is 1. The molecule has 176 valence electrons. The summed E-state index contributed by atoms with van der Waals surface area (Å²) in [6.45, 7) is 6.51. The standard InChI is InChI=1S/C25H26ClN5O3/c1-17-4-6-18(7-5-17)15-30-16-28-22-21(23(30)32)14-29-31(22)13-12-27-24(33)25(2,3)34-20-10-8-19(26)9-11-20/h4-11,14,16H,12-13,15H2,1-3H3,(H,27,33). The number of ether oxygens (including phenoxy) is 1. The van der Waals surface area contributed by atoms with Gasteiger partial charge in [0.15, 0.2) is 11.2 Å². The topological polar surface area (TPSA) is 91.0 Å². The molecule has 4 aromatic rings. The summed E-state index contributed by atoms with van der Waals surface area (Å²) in [7, 11) is 0. The van der Waals surface area contributed by atoms with Crippen LogP contribution in [0.25, 0.3) is 11.0 Å². The fraction of sp³-hybridized carbons (Fsp3) is 0.280. The monoisotopic (exact) mass is 479 g/mol. The predicted octanol–water partition coefficient (Wildman–Crippen LogP) is 3.58. The van der Waals surface area contributed by atoms with Crippen molar-refractivity contribution in [3.63, 3.8) is 0 Å². The number of nitrogens with one attached hydrogen (secondary N) is 1. The van der Waals surface area contributed by atoms with Crippen LogP contribution < -0.4 is 15.6 Å². The van der Waals surface area contributed by atoms with Crippen LogP contribution in [0.5, 0.6) is 5.75 Å². The highest BCUT2D eigenvalue weighted by atomic mass is 35.5.